The highest BCUT2D eigenvalue weighted by atomic mass is 16.3. The lowest BCUT2D eigenvalue weighted by Crippen LogP contribution is -1.88. The number of nitrogens with zero attached hydrogens (tertiary/aromatic N) is 1. The molecule has 1 aromatic rings. The average Bonchev–Trinajstić information content (AvgIpc) is 2.73. The fourth-order valence-corrected chi connectivity index (χ4v) is 1.22. The van der Waals surface area contributed by atoms with Gasteiger partial charge in [-0.3, -0.25) is 4.99 Å². The number of rotatable bonds is 2. The van der Waals surface area contributed by atoms with Crippen molar-refractivity contribution in [3.63, 3.8) is 0 Å². The van der Waals surface area contributed by atoms with Crippen molar-refractivity contribution in [2.24, 2.45) is 4.99 Å². The maximum atomic E-state index is 9.25. The van der Waals surface area contributed by atoms with Gasteiger partial charge in [0.15, 0.2) is 11.5 Å². The van der Waals surface area contributed by atoms with Gasteiger partial charge in [0.1, 0.15) is 0 Å². The normalized spacial score (nSPS) is 17.6. The van der Waals surface area contributed by atoms with Crippen molar-refractivity contribution >= 4 is 6.21 Å². The van der Waals surface area contributed by atoms with Crippen LogP contribution in [0.25, 0.3) is 0 Å². The largest absolute Gasteiger partial charge is 0.504 e. The Hall–Kier alpha value is -1.51. The molecule has 1 aliphatic carbocycles. The second-order valence-electron chi connectivity index (χ2n) is 3.15. The van der Waals surface area contributed by atoms with E-state index in [0.717, 1.165) is 11.6 Å². The number of aliphatic imine (C=N–C) groups is 1. The molecule has 15 heavy (non-hydrogen) atoms. The minimum Gasteiger partial charge on any atom is -0.504 e. The molecule has 0 spiro atoms. The summed E-state index contributed by atoms with van der Waals surface area (Å²) in [6.45, 7) is 0. The van der Waals surface area contributed by atoms with E-state index in [-0.39, 0.29) is 11.5 Å². The number of hydrogen-bond donors (Lipinski definition) is 2. The lowest BCUT2D eigenvalue weighted by molar-refractivity contribution is 0.403. The first-order valence-corrected chi connectivity index (χ1v) is 4.53. The van der Waals surface area contributed by atoms with Gasteiger partial charge in [-0.2, -0.15) is 0 Å². The van der Waals surface area contributed by atoms with Crippen LogP contribution in [0.1, 0.15) is 5.56 Å². The van der Waals surface area contributed by atoms with Gasteiger partial charge in [-0.05, 0) is 49.4 Å². The van der Waals surface area contributed by atoms with Crippen molar-refractivity contribution in [3.05, 3.63) is 55.5 Å². The highest BCUT2D eigenvalue weighted by molar-refractivity contribution is 5.81. The Bertz CT molecular complexity index is 368. The van der Waals surface area contributed by atoms with E-state index >= 15 is 0 Å². The third kappa shape index (κ3) is 2.49. The highest BCUT2D eigenvalue weighted by Crippen LogP contribution is 2.26. The second-order valence-corrected chi connectivity index (χ2v) is 3.15. The Balaban J connectivity index is 2.06. The van der Waals surface area contributed by atoms with E-state index in [0.29, 0.717) is 0 Å². The van der Waals surface area contributed by atoms with E-state index in [1.165, 1.54) is 12.1 Å². The fourth-order valence-electron chi connectivity index (χ4n) is 1.22. The first-order valence-electron chi connectivity index (χ1n) is 4.53. The molecule has 3 heteroatoms. The van der Waals surface area contributed by atoms with Crippen LogP contribution < -0.4 is 0 Å². The van der Waals surface area contributed by atoms with Crippen molar-refractivity contribution in [1.29, 1.82) is 0 Å². The van der Waals surface area contributed by atoms with Crippen LogP contribution in [0.15, 0.2) is 23.2 Å². The first kappa shape index (κ1) is 10.0. The van der Waals surface area contributed by atoms with Gasteiger partial charge in [-0.1, -0.05) is 0 Å². The van der Waals surface area contributed by atoms with E-state index in [1.54, 1.807) is 12.3 Å². The zero-order valence-electron chi connectivity index (χ0n) is 7.96. The number of phenolic OH excluding ortho intramolecular Hbond substituents is 2. The minimum absolute atomic E-state index is 0.125. The molecule has 0 saturated heterocycles. The summed E-state index contributed by atoms with van der Waals surface area (Å²) in [6, 6.07) is 5.44. The third-order valence-corrected chi connectivity index (χ3v) is 2.01. The van der Waals surface area contributed by atoms with Crippen LogP contribution in [0, 0.1) is 31.7 Å². The molecule has 1 aliphatic rings. The molecule has 0 unspecified atom stereocenters. The number of benzene rings is 1. The monoisotopic (exact) mass is 200 g/mol. The summed E-state index contributed by atoms with van der Waals surface area (Å²) in [7, 11) is 0. The molecular formula is C12H10NO2. The van der Waals surface area contributed by atoms with E-state index in [9.17, 15) is 5.11 Å². The highest BCUT2D eigenvalue weighted by Gasteiger charge is 2.14. The summed E-state index contributed by atoms with van der Waals surface area (Å²) in [5.41, 5.74) is 0.742. The lowest BCUT2D eigenvalue weighted by atomic mass is 10.2. The van der Waals surface area contributed by atoms with Crippen molar-refractivity contribution in [2.75, 3.05) is 0 Å². The zero-order chi connectivity index (χ0) is 10.7. The molecule has 5 radical (unpaired) electrons. The maximum absolute atomic E-state index is 9.25. The predicted octanol–water partition coefficient (Wildman–Crippen LogP) is 1.88. The van der Waals surface area contributed by atoms with E-state index in [4.69, 9.17) is 5.11 Å². The first-order chi connectivity index (χ1) is 7.25. The molecule has 0 heterocycles. The summed E-state index contributed by atoms with van der Waals surface area (Å²) in [5, 5.41) is 18.3. The van der Waals surface area contributed by atoms with E-state index in [1.807, 2.05) is 25.7 Å². The van der Waals surface area contributed by atoms with E-state index < -0.39 is 0 Å². The quantitative estimate of drug-likeness (QED) is 0.565. The summed E-state index contributed by atoms with van der Waals surface area (Å²) in [5.74, 6) is -0.262. The Morgan fingerprint density at radius 2 is 1.73 bits per heavy atom. The van der Waals surface area contributed by atoms with Crippen LogP contribution in [-0.4, -0.2) is 16.4 Å². The maximum Gasteiger partial charge on any atom is 0.158 e. The van der Waals surface area contributed by atoms with Crippen LogP contribution in [-0.2, 0) is 0 Å². The van der Waals surface area contributed by atoms with Crippen molar-refractivity contribution in [3.8, 4) is 11.5 Å². The molecule has 0 bridgehead atoms. The van der Waals surface area contributed by atoms with E-state index in [2.05, 4.69) is 4.99 Å². The fraction of sp³-hybridized carbons (Fsp3) is 0. The lowest BCUT2D eigenvalue weighted by Gasteiger charge is -2.00. The summed E-state index contributed by atoms with van der Waals surface area (Å²) in [6.07, 6.45) is 9.21. The Kier molecular flexibility index (Phi) is 2.90. The van der Waals surface area contributed by atoms with Gasteiger partial charge in [-0.15, -0.1) is 0 Å². The van der Waals surface area contributed by atoms with Gasteiger partial charge in [0, 0.05) is 6.21 Å². The summed E-state index contributed by atoms with van der Waals surface area (Å²) < 4.78 is 0. The minimum atomic E-state index is -0.138. The van der Waals surface area contributed by atoms with Gasteiger partial charge < -0.3 is 10.2 Å². The molecule has 1 saturated carbocycles. The standard InChI is InChI=1S/C12H10NO2/c14-11-6-5-9(7-12(11)15)8-13-10-3-1-2-4-10/h1-8,14-15H. The molecule has 0 amide bonds. The van der Waals surface area contributed by atoms with Crippen LogP contribution >= 0.6 is 0 Å². The topological polar surface area (TPSA) is 52.8 Å². The van der Waals surface area contributed by atoms with Crippen molar-refractivity contribution in [1.82, 2.24) is 0 Å². The van der Waals surface area contributed by atoms with Crippen LogP contribution in [0.3, 0.4) is 0 Å². The van der Waals surface area contributed by atoms with Gasteiger partial charge in [-0.25, -0.2) is 0 Å². The zero-order valence-corrected chi connectivity index (χ0v) is 7.96. The average molecular weight is 200 g/mol. The summed E-state index contributed by atoms with van der Waals surface area (Å²) in [4.78, 5) is 4.19. The van der Waals surface area contributed by atoms with Gasteiger partial charge in [0.25, 0.3) is 0 Å². The SMILES string of the molecule is Oc1ccc(C=N[C]2[CH][CH][CH][CH]2)cc1O. The number of phenols is 2. The molecule has 2 rings (SSSR count). The Morgan fingerprint density at radius 1 is 1.00 bits per heavy atom. The van der Waals surface area contributed by atoms with Gasteiger partial charge >= 0.3 is 0 Å². The smallest absolute Gasteiger partial charge is 0.158 e. The molecule has 0 atom stereocenters. The third-order valence-electron chi connectivity index (χ3n) is 2.01. The number of aromatic hydroxyl groups is 2. The van der Waals surface area contributed by atoms with Crippen molar-refractivity contribution in [2.45, 2.75) is 0 Å². The van der Waals surface area contributed by atoms with Gasteiger partial charge in [0.05, 0.1) is 6.04 Å². The van der Waals surface area contributed by atoms with Crippen LogP contribution in [0.4, 0.5) is 0 Å². The molecule has 2 N–H and O–H groups in total. The number of hydrogen-bond acceptors (Lipinski definition) is 3. The molecule has 0 aromatic heterocycles. The van der Waals surface area contributed by atoms with Crippen LogP contribution in [0.2, 0.25) is 0 Å². The van der Waals surface area contributed by atoms with Gasteiger partial charge in [0.2, 0.25) is 0 Å². The Morgan fingerprint density at radius 3 is 2.40 bits per heavy atom. The summed E-state index contributed by atoms with van der Waals surface area (Å²) >= 11 is 0. The molecular weight excluding hydrogens is 190 g/mol. The van der Waals surface area contributed by atoms with Crippen molar-refractivity contribution < 1.29 is 10.2 Å². The molecule has 0 aliphatic heterocycles. The molecule has 1 aromatic carbocycles. The second kappa shape index (κ2) is 4.34. The van der Waals surface area contributed by atoms with Crippen LogP contribution in [0.5, 0.6) is 11.5 Å². The molecule has 75 valence electrons. The molecule has 1 fully saturated rings. The predicted molar refractivity (Wildman–Crippen MR) is 57.8 cm³/mol. The Labute approximate surface area is 89.1 Å². The molecule has 3 nitrogen and oxygen atoms in total.